The number of nitrogens with zero attached hydrogens (tertiary/aromatic N) is 3. The molecule has 0 fully saturated rings. The first-order valence-corrected chi connectivity index (χ1v) is 3.26. The third kappa shape index (κ3) is 1.92. The van der Waals surface area contributed by atoms with Crippen LogP contribution in [0.1, 0.15) is 0 Å². The van der Waals surface area contributed by atoms with Gasteiger partial charge in [-0.15, -0.1) is 0 Å². The molecule has 11 heavy (non-hydrogen) atoms. The summed E-state index contributed by atoms with van der Waals surface area (Å²) in [5, 5.41) is 1.59. The fourth-order valence-corrected chi connectivity index (χ4v) is 0.788. The van der Waals surface area contributed by atoms with Gasteiger partial charge in [0.05, 0.1) is 0 Å². The van der Waals surface area contributed by atoms with Gasteiger partial charge in [-0.25, -0.2) is 10.8 Å². The van der Waals surface area contributed by atoms with Gasteiger partial charge in [0.15, 0.2) is 0 Å². The van der Waals surface area contributed by atoms with E-state index in [1.165, 1.54) is 11.1 Å². The van der Waals surface area contributed by atoms with Crippen LogP contribution in [0.4, 0.5) is 11.8 Å². The number of nitrogen functional groups attached to an aromatic ring is 1. The lowest BCUT2D eigenvalue weighted by Gasteiger charge is -2.10. The van der Waals surface area contributed by atoms with E-state index in [1.54, 1.807) is 7.05 Å². The molecule has 0 radical (unpaired) electrons. The van der Waals surface area contributed by atoms with Gasteiger partial charge >= 0.3 is 0 Å². The van der Waals surface area contributed by atoms with E-state index in [4.69, 9.17) is 23.2 Å². The third-order valence-corrected chi connectivity index (χ3v) is 1.25. The summed E-state index contributed by atoms with van der Waals surface area (Å²) in [6.07, 6.45) is 0. The molecule has 0 aliphatic carbocycles. The highest BCUT2D eigenvalue weighted by molar-refractivity contribution is 6.29. The third-order valence-electron chi connectivity index (χ3n) is 1.06. The van der Waals surface area contributed by atoms with Gasteiger partial charge in [0.2, 0.25) is 5.95 Å². The maximum absolute atomic E-state index is 5.58. The van der Waals surface area contributed by atoms with E-state index in [0.717, 1.165) is 0 Å². The Balaban J connectivity index is 3.08. The lowest BCUT2D eigenvalue weighted by atomic mass is 10.6. The van der Waals surface area contributed by atoms with Crippen LogP contribution in [-0.2, 0) is 0 Å². The van der Waals surface area contributed by atoms with Crippen LogP contribution in [0.15, 0.2) is 6.07 Å². The first kappa shape index (κ1) is 8.03. The molecule has 1 aromatic rings. The zero-order valence-corrected chi connectivity index (χ0v) is 6.71. The van der Waals surface area contributed by atoms with E-state index in [0.29, 0.717) is 5.82 Å². The lowest BCUT2D eigenvalue weighted by Crippen LogP contribution is -2.26. The highest BCUT2D eigenvalue weighted by Crippen LogP contribution is 2.13. The van der Waals surface area contributed by atoms with Crippen molar-refractivity contribution in [1.29, 1.82) is 0 Å². The van der Waals surface area contributed by atoms with Crippen LogP contribution in [0.5, 0.6) is 0 Å². The quantitative estimate of drug-likeness (QED) is 0.356. The predicted molar refractivity (Wildman–Crippen MR) is 44.0 cm³/mol. The second-order valence-electron chi connectivity index (χ2n) is 2.02. The Morgan fingerprint density at radius 1 is 1.55 bits per heavy atom. The van der Waals surface area contributed by atoms with Crippen molar-refractivity contribution >= 4 is 23.4 Å². The minimum absolute atomic E-state index is 0.116. The molecule has 0 aromatic carbocycles. The Morgan fingerprint density at radius 3 is 2.64 bits per heavy atom. The Labute approximate surface area is 68.9 Å². The van der Waals surface area contributed by atoms with Crippen molar-refractivity contribution in [2.24, 2.45) is 5.84 Å². The molecule has 1 aromatic heterocycles. The van der Waals surface area contributed by atoms with Crippen molar-refractivity contribution in [2.75, 3.05) is 17.8 Å². The first-order chi connectivity index (χ1) is 5.09. The monoisotopic (exact) mass is 173 g/mol. The van der Waals surface area contributed by atoms with Gasteiger partial charge in [-0.1, -0.05) is 11.6 Å². The van der Waals surface area contributed by atoms with Gasteiger partial charge in [0.25, 0.3) is 0 Å². The molecule has 1 heterocycles. The number of rotatable bonds is 1. The number of hydrogen-bond acceptors (Lipinski definition) is 5. The molecule has 1 rings (SSSR count). The van der Waals surface area contributed by atoms with Crippen molar-refractivity contribution < 1.29 is 0 Å². The second-order valence-corrected chi connectivity index (χ2v) is 2.41. The molecule has 0 unspecified atom stereocenters. The van der Waals surface area contributed by atoms with E-state index < -0.39 is 0 Å². The van der Waals surface area contributed by atoms with Crippen LogP contribution < -0.4 is 16.6 Å². The summed E-state index contributed by atoms with van der Waals surface area (Å²) in [4.78, 5) is 7.48. The second kappa shape index (κ2) is 2.89. The van der Waals surface area contributed by atoms with Gasteiger partial charge in [-0.2, -0.15) is 4.98 Å². The predicted octanol–water partition coefficient (Wildman–Crippen LogP) is 0.0221. The molecule has 0 atom stereocenters. The van der Waals surface area contributed by atoms with E-state index in [9.17, 15) is 0 Å². The number of hydrogen-bond donors (Lipinski definition) is 2. The molecule has 0 amide bonds. The molecule has 0 aliphatic heterocycles. The molecule has 5 nitrogen and oxygen atoms in total. The summed E-state index contributed by atoms with van der Waals surface area (Å²) >= 11 is 5.58. The molecule has 6 heteroatoms. The zero-order valence-electron chi connectivity index (χ0n) is 5.95. The average Bonchev–Trinajstić information content (AvgIpc) is 1.85. The number of nitrogens with two attached hydrogens (primary N) is 2. The van der Waals surface area contributed by atoms with Crippen molar-refractivity contribution in [3.8, 4) is 0 Å². The molecule has 60 valence electrons. The summed E-state index contributed by atoms with van der Waals surface area (Å²) in [6.45, 7) is 0. The highest BCUT2D eigenvalue weighted by atomic mass is 35.5. The minimum atomic E-state index is 0.116. The van der Waals surface area contributed by atoms with E-state index in [1.807, 2.05) is 0 Å². The van der Waals surface area contributed by atoms with Crippen LogP contribution in [0.2, 0.25) is 5.15 Å². The van der Waals surface area contributed by atoms with Gasteiger partial charge < -0.3 is 5.73 Å². The standard InChI is InChI=1S/C5H8ClN5/c1-11(8)4-2-3(6)9-5(7)10-4/h2H,8H2,1H3,(H2,7,9,10). The van der Waals surface area contributed by atoms with Crippen molar-refractivity contribution in [2.45, 2.75) is 0 Å². The zero-order chi connectivity index (χ0) is 8.43. The molecular weight excluding hydrogens is 166 g/mol. The Bertz CT molecular complexity index is 241. The molecule has 0 bridgehead atoms. The Hall–Kier alpha value is -1.07. The van der Waals surface area contributed by atoms with E-state index in [-0.39, 0.29) is 11.1 Å². The first-order valence-electron chi connectivity index (χ1n) is 2.88. The van der Waals surface area contributed by atoms with Crippen molar-refractivity contribution in [3.05, 3.63) is 11.2 Å². The fraction of sp³-hybridized carbons (Fsp3) is 0.200. The number of halogens is 1. The normalized spacial score (nSPS) is 9.73. The average molecular weight is 174 g/mol. The number of anilines is 2. The van der Waals surface area contributed by atoms with E-state index >= 15 is 0 Å². The minimum Gasteiger partial charge on any atom is -0.368 e. The van der Waals surface area contributed by atoms with Crippen LogP contribution in [-0.4, -0.2) is 17.0 Å². The van der Waals surface area contributed by atoms with Gasteiger partial charge in [-0.05, 0) is 0 Å². The van der Waals surface area contributed by atoms with Crippen molar-refractivity contribution in [3.63, 3.8) is 0 Å². The summed E-state index contributed by atoms with van der Waals surface area (Å²) < 4.78 is 0. The van der Waals surface area contributed by atoms with E-state index in [2.05, 4.69) is 9.97 Å². The molecule has 0 spiro atoms. The molecule has 0 saturated carbocycles. The largest absolute Gasteiger partial charge is 0.368 e. The SMILES string of the molecule is CN(N)c1cc(Cl)nc(N)n1. The van der Waals surface area contributed by atoms with Gasteiger partial charge in [-0.3, -0.25) is 5.01 Å². The van der Waals surface area contributed by atoms with Crippen LogP contribution in [0, 0.1) is 0 Å². The topological polar surface area (TPSA) is 81.1 Å². The molecule has 0 saturated heterocycles. The number of aromatic nitrogens is 2. The summed E-state index contributed by atoms with van der Waals surface area (Å²) in [5.74, 6) is 5.98. The van der Waals surface area contributed by atoms with Crippen molar-refractivity contribution in [1.82, 2.24) is 9.97 Å². The summed E-state index contributed by atoms with van der Waals surface area (Å²) in [5.41, 5.74) is 5.31. The lowest BCUT2D eigenvalue weighted by molar-refractivity contribution is 0.967. The Morgan fingerprint density at radius 2 is 2.18 bits per heavy atom. The van der Waals surface area contributed by atoms with Crippen LogP contribution in [0.3, 0.4) is 0 Å². The Kier molecular flexibility index (Phi) is 2.11. The summed E-state index contributed by atoms with van der Waals surface area (Å²) in [7, 11) is 1.64. The summed E-state index contributed by atoms with van der Waals surface area (Å²) in [6, 6.07) is 1.53. The number of hydrazine groups is 1. The molecule has 4 N–H and O–H groups in total. The fourth-order valence-electron chi connectivity index (χ4n) is 0.604. The smallest absolute Gasteiger partial charge is 0.223 e. The maximum Gasteiger partial charge on any atom is 0.223 e. The molecular formula is C5H8ClN5. The maximum atomic E-state index is 5.58. The van der Waals surface area contributed by atoms with Crippen LogP contribution in [0.25, 0.3) is 0 Å². The highest BCUT2D eigenvalue weighted by Gasteiger charge is 2.01. The van der Waals surface area contributed by atoms with Crippen LogP contribution >= 0.6 is 11.6 Å². The van der Waals surface area contributed by atoms with Gasteiger partial charge in [0, 0.05) is 13.1 Å². The molecule has 0 aliphatic rings. The van der Waals surface area contributed by atoms with Gasteiger partial charge in [0.1, 0.15) is 11.0 Å².